The van der Waals surface area contributed by atoms with Crippen molar-refractivity contribution in [2.45, 2.75) is 38.3 Å². The summed E-state index contributed by atoms with van der Waals surface area (Å²) in [4.78, 5) is 38.0. The molecule has 3 rings (SSSR count). The van der Waals surface area contributed by atoms with E-state index in [0.29, 0.717) is 19.3 Å². The minimum absolute atomic E-state index is 0.146. The third-order valence-electron chi connectivity index (χ3n) is 4.63. The van der Waals surface area contributed by atoms with Crippen LogP contribution >= 0.6 is 0 Å². The maximum Gasteiger partial charge on any atom is 0.306 e. The number of H-pyrrole nitrogens is 1. The van der Waals surface area contributed by atoms with Crippen molar-refractivity contribution in [2.24, 2.45) is 5.92 Å². The van der Waals surface area contributed by atoms with E-state index in [-0.39, 0.29) is 17.9 Å². The summed E-state index contributed by atoms with van der Waals surface area (Å²) >= 11 is 0. The summed E-state index contributed by atoms with van der Waals surface area (Å²) in [6.45, 7) is 1.37. The van der Waals surface area contributed by atoms with Crippen molar-refractivity contribution in [3.63, 3.8) is 0 Å². The van der Waals surface area contributed by atoms with E-state index >= 15 is 0 Å². The Morgan fingerprint density at radius 3 is 2.68 bits per heavy atom. The molecular weight excluding hydrogens is 322 g/mol. The second-order valence-corrected chi connectivity index (χ2v) is 6.53. The van der Waals surface area contributed by atoms with Gasteiger partial charge >= 0.3 is 5.97 Å². The van der Waals surface area contributed by atoms with Gasteiger partial charge in [-0.1, -0.05) is 18.2 Å². The lowest BCUT2D eigenvalue weighted by molar-refractivity contribution is -0.146. The molecule has 0 radical (unpaired) electrons. The van der Waals surface area contributed by atoms with Gasteiger partial charge in [-0.15, -0.1) is 0 Å². The number of carbonyl (C=O) groups excluding carboxylic acids is 2. The second kappa shape index (κ2) is 6.96. The van der Waals surface area contributed by atoms with Crippen LogP contribution in [-0.4, -0.2) is 40.0 Å². The smallest absolute Gasteiger partial charge is 0.306 e. The van der Waals surface area contributed by atoms with Gasteiger partial charge in [0.2, 0.25) is 11.8 Å². The Kier molecular flexibility index (Phi) is 4.74. The Morgan fingerprint density at radius 1 is 1.28 bits per heavy atom. The molecule has 1 aromatic heterocycles. The number of hydrogen-bond acceptors (Lipinski definition) is 3. The molecule has 1 aromatic carbocycles. The zero-order chi connectivity index (χ0) is 18.0. The van der Waals surface area contributed by atoms with Crippen LogP contribution in [0.4, 0.5) is 0 Å². The fraction of sp³-hybridized carbons (Fsp3) is 0.389. The van der Waals surface area contributed by atoms with Crippen LogP contribution in [-0.2, 0) is 20.8 Å². The van der Waals surface area contributed by atoms with Crippen LogP contribution in [0.3, 0.4) is 0 Å². The minimum Gasteiger partial charge on any atom is -0.481 e. The highest BCUT2D eigenvalue weighted by Crippen LogP contribution is 2.27. The molecule has 4 N–H and O–H groups in total. The fourth-order valence-corrected chi connectivity index (χ4v) is 3.21. The molecule has 0 bridgehead atoms. The highest BCUT2D eigenvalue weighted by atomic mass is 16.4. The van der Waals surface area contributed by atoms with E-state index in [1.165, 1.54) is 6.92 Å². The van der Waals surface area contributed by atoms with Gasteiger partial charge in [-0.2, -0.15) is 0 Å². The first-order chi connectivity index (χ1) is 11.9. The summed E-state index contributed by atoms with van der Waals surface area (Å²) in [5, 5.41) is 15.5. The van der Waals surface area contributed by atoms with E-state index in [1.807, 2.05) is 30.5 Å². The summed E-state index contributed by atoms with van der Waals surface area (Å²) in [6, 6.07) is 6.93. The topological polar surface area (TPSA) is 111 Å². The molecule has 25 heavy (non-hydrogen) atoms. The van der Waals surface area contributed by atoms with E-state index in [1.54, 1.807) is 0 Å². The average molecular weight is 343 g/mol. The van der Waals surface area contributed by atoms with Crippen molar-refractivity contribution in [1.29, 1.82) is 0 Å². The van der Waals surface area contributed by atoms with Gasteiger partial charge in [0.1, 0.15) is 6.04 Å². The van der Waals surface area contributed by atoms with Crippen molar-refractivity contribution in [2.75, 3.05) is 0 Å². The number of aliphatic carboxylic acids is 1. The number of carboxylic acid groups (broad SMARTS) is 1. The Bertz CT molecular complexity index is 808. The number of fused-ring (bicyclic) bond motifs is 1. The summed E-state index contributed by atoms with van der Waals surface area (Å²) in [6.07, 6.45) is 3.07. The van der Waals surface area contributed by atoms with Gasteiger partial charge in [0.05, 0.1) is 5.92 Å². The molecule has 1 atom stereocenters. The first-order valence-corrected chi connectivity index (χ1v) is 8.29. The Morgan fingerprint density at radius 2 is 2.00 bits per heavy atom. The maximum absolute atomic E-state index is 12.5. The van der Waals surface area contributed by atoms with Gasteiger partial charge in [0, 0.05) is 36.5 Å². The highest BCUT2D eigenvalue weighted by Gasteiger charge is 2.36. The van der Waals surface area contributed by atoms with Gasteiger partial charge in [-0.05, 0) is 24.5 Å². The van der Waals surface area contributed by atoms with E-state index < -0.39 is 17.9 Å². The molecule has 1 aliphatic carbocycles. The number of benzene rings is 1. The molecule has 1 unspecified atom stereocenters. The van der Waals surface area contributed by atoms with Crippen LogP contribution in [0.2, 0.25) is 0 Å². The SMILES string of the molecule is CC(=O)NC(Cc1c[nH]c2ccccc12)C(=O)NC1CC(C(=O)O)C1. The van der Waals surface area contributed by atoms with Crippen molar-refractivity contribution in [3.05, 3.63) is 36.0 Å². The molecule has 7 heteroatoms. The molecule has 0 aliphatic heterocycles. The molecule has 0 spiro atoms. The van der Waals surface area contributed by atoms with Crippen LogP contribution in [0.25, 0.3) is 10.9 Å². The Labute approximate surface area is 144 Å². The van der Waals surface area contributed by atoms with Crippen molar-refractivity contribution >= 4 is 28.7 Å². The number of carbonyl (C=O) groups is 3. The monoisotopic (exact) mass is 343 g/mol. The molecule has 7 nitrogen and oxygen atoms in total. The van der Waals surface area contributed by atoms with Crippen LogP contribution in [0.1, 0.15) is 25.3 Å². The van der Waals surface area contributed by atoms with E-state index in [0.717, 1.165) is 16.5 Å². The molecule has 1 aliphatic rings. The number of carboxylic acids is 1. The molecule has 2 aromatic rings. The largest absolute Gasteiger partial charge is 0.481 e. The van der Waals surface area contributed by atoms with Gasteiger partial charge in [-0.25, -0.2) is 0 Å². The Hall–Kier alpha value is -2.83. The molecule has 1 saturated carbocycles. The summed E-state index contributed by atoms with van der Waals surface area (Å²) in [5.41, 5.74) is 1.92. The number of aromatic nitrogens is 1. The average Bonchev–Trinajstić information content (AvgIpc) is 2.92. The van der Waals surface area contributed by atoms with Gasteiger partial charge in [0.15, 0.2) is 0 Å². The van der Waals surface area contributed by atoms with E-state index in [2.05, 4.69) is 15.6 Å². The molecule has 132 valence electrons. The number of aromatic amines is 1. The fourth-order valence-electron chi connectivity index (χ4n) is 3.21. The maximum atomic E-state index is 12.5. The standard InChI is InChI=1S/C18H21N3O4/c1-10(22)20-16(17(23)21-13-6-11(7-13)18(24)25)8-12-9-19-15-5-3-2-4-14(12)15/h2-5,9,11,13,16,19H,6-8H2,1H3,(H,20,22)(H,21,23)(H,24,25). The van der Waals surface area contributed by atoms with E-state index in [4.69, 9.17) is 5.11 Å². The van der Waals surface area contributed by atoms with Gasteiger partial charge < -0.3 is 20.7 Å². The first-order valence-electron chi connectivity index (χ1n) is 8.29. The third kappa shape index (κ3) is 3.81. The van der Waals surface area contributed by atoms with Gasteiger partial charge in [0.25, 0.3) is 0 Å². The Balaban J connectivity index is 1.68. The number of amides is 2. The number of para-hydroxylation sites is 1. The predicted molar refractivity (Wildman–Crippen MR) is 91.9 cm³/mol. The molecular formula is C18H21N3O4. The molecule has 1 heterocycles. The lowest BCUT2D eigenvalue weighted by atomic mass is 9.80. The summed E-state index contributed by atoms with van der Waals surface area (Å²) < 4.78 is 0. The quantitative estimate of drug-likeness (QED) is 0.631. The summed E-state index contributed by atoms with van der Waals surface area (Å²) in [7, 11) is 0. The number of nitrogens with one attached hydrogen (secondary N) is 3. The third-order valence-corrected chi connectivity index (χ3v) is 4.63. The number of hydrogen-bond donors (Lipinski definition) is 4. The van der Waals surface area contributed by atoms with Crippen LogP contribution in [0.15, 0.2) is 30.5 Å². The van der Waals surface area contributed by atoms with Crippen LogP contribution in [0, 0.1) is 5.92 Å². The lowest BCUT2D eigenvalue weighted by Gasteiger charge is -2.34. The van der Waals surface area contributed by atoms with Crippen LogP contribution < -0.4 is 10.6 Å². The van der Waals surface area contributed by atoms with Crippen LogP contribution in [0.5, 0.6) is 0 Å². The van der Waals surface area contributed by atoms with Gasteiger partial charge in [-0.3, -0.25) is 14.4 Å². The lowest BCUT2D eigenvalue weighted by Crippen LogP contribution is -2.54. The van der Waals surface area contributed by atoms with Crippen molar-refractivity contribution in [1.82, 2.24) is 15.6 Å². The minimum atomic E-state index is -0.831. The zero-order valence-electron chi connectivity index (χ0n) is 13.9. The normalized spacial score (nSPS) is 20.5. The predicted octanol–water partition coefficient (Wildman–Crippen LogP) is 1.19. The summed E-state index contributed by atoms with van der Waals surface area (Å²) in [5.74, 6) is -1.79. The zero-order valence-corrected chi connectivity index (χ0v) is 13.9. The number of rotatable bonds is 6. The molecule has 0 saturated heterocycles. The first kappa shape index (κ1) is 17.0. The molecule has 1 fully saturated rings. The van der Waals surface area contributed by atoms with Crippen molar-refractivity contribution < 1.29 is 19.5 Å². The second-order valence-electron chi connectivity index (χ2n) is 6.53. The molecule has 2 amide bonds. The van der Waals surface area contributed by atoms with Crippen molar-refractivity contribution in [3.8, 4) is 0 Å². The van der Waals surface area contributed by atoms with E-state index in [9.17, 15) is 14.4 Å². The highest BCUT2D eigenvalue weighted by molar-refractivity contribution is 5.89.